The molecule has 1 atom stereocenters. The second-order valence-electron chi connectivity index (χ2n) is 5.44. The van der Waals surface area contributed by atoms with E-state index >= 15 is 0 Å². The van der Waals surface area contributed by atoms with Gasteiger partial charge in [0, 0.05) is 24.9 Å². The van der Waals surface area contributed by atoms with Crippen molar-refractivity contribution >= 4 is 17.5 Å². The molecule has 0 bridgehead atoms. The molecule has 0 saturated heterocycles. The van der Waals surface area contributed by atoms with E-state index in [4.69, 9.17) is 16.1 Å². The Kier molecular flexibility index (Phi) is 4.32. The van der Waals surface area contributed by atoms with Crippen LogP contribution >= 0.6 is 11.6 Å². The quantitative estimate of drug-likeness (QED) is 0.759. The number of rotatable bonds is 6. The molecule has 0 N–H and O–H groups in total. The highest BCUT2D eigenvalue weighted by Crippen LogP contribution is 2.49. The number of nitrogens with zero attached hydrogens (tertiary/aromatic N) is 2. The molecule has 20 heavy (non-hydrogen) atoms. The summed E-state index contributed by atoms with van der Waals surface area (Å²) in [5, 5.41) is 3.88. The molecular weight excluding hydrogens is 290 g/mol. The highest BCUT2D eigenvalue weighted by Gasteiger charge is 2.57. The van der Waals surface area contributed by atoms with Crippen LogP contribution in [-0.4, -0.2) is 34.3 Å². The number of hydrogen-bond donors (Lipinski definition) is 0. The third kappa shape index (κ3) is 3.48. The zero-order valence-electron chi connectivity index (χ0n) is 11.4. The lowest BCUT2D eigenvalue weighted by Crippen LogP contribution is -2.34. The number of hydrogen-bond acceptors (Lipinski definition) is 3. The predicted octanol–water partition coefficient (Wildman–Crippen LogP) is 3.02. The summed E-state index contributed by atoms with van der Waals surface area (Å²) < 4.78 is 31.1. The van der Waals surface area contributed by atoms with Gasteiger partial charge < -0.3 is 9.42 Å². The molecule has 1 heterocycles. The average Bonchev–Trinajstić information content (AvgIpc) is 2.79. The first kappa shape index (κ1) is 15.2. The van der Waals surface area contributed by atoms with E-state index in [-0.39, 0.29) is 37.2 Å². The summed E-state index contributed by atoms with van der Waals surface area (Å²) in [4.78, 5) is 13.0. The molecule has 1 aromatic heterocycles. The van der Waals surface area contributed by atoms with E-state index in [1.807, 2.05) is 13.8 Å². The molecule has 1 aliphatic carbocycles. The minimum Gasteiger partial charge on any atom is -0.359 e. The summed E-state index contributed by atoms with van der Waals surface area (Å²) in [6.45, 7) is 4.05. The van der Waals surface area contributed by atoms with Crippen molar-refractivity contribution in [2.45, 2.75) is 38.7 Å². The first-order chi connectivity index (χ1) is 9.33. The normalized spacial score (nSPS) is 20.2. The largest absolute Gasteiger partial charge is 0.359 e. The Bertz CT molecular complexity index is 490. The lowest BCUT2D eigenvalue weighted by molar-refractivity contribution is -0.129. The van der Waals surface area contributed by atoms with Crippen LogP contribution in [0.5, 0.6) is 0 Å². The molecule has 0 aromatic carbocycles. The fourth-order valence-electron chi connectivity index (χ4n) is 1.94. The highest BCUT2D eigenvalue weighted by molar-refractivity contribution is 6.27. The minimum absolute atomic E-state index is 0.00371. The van der Waals surface area contributed by atoms with Gasteiger partial charge in [-0.2, -0.15) is 0 Å². The summed E-state index contributed by atoms with van der Waals surface area (Å²) in [6.07, 6.45) is -0.174. The molecule has 0 spiro atoms. The van der Waals surface area contributed by atoms with Gasteiger partial charge in [0.25, 0.3) is 5.92 Å². The molecule has 7 heteroatoms. The molecule has 0 radical (unpaired) electrons. The SMILES string of the molecule is CC(C)c1cc(CN(CC2CC2(F)F)C(=O)CCl)on1. The van der Waals surface area contributed by atoms with Crippen molar-refractivity contribution in [2.24, 2.45) is 5.92 Å². The van der Waals surface area contributed by atoms with Gasteiger partial charge in [0.05, 0.1) is 12.2 Å². The molecule has 112 valence electrons. The number of aromatic nitrogens is 1. The van der Waals surface area contributed by atoms with Gasteiger partial charge in [-0.1, -0.05) is 19.0 Å². The summed E-state index contributed by atoms with van der Waals surface area (Å²) in [5.74, 6) is -3.36. The number of amides is 1. The van der Waals surface area contributed by atoms with Crippen molar-refractivity contribution in [3.05, 3.63) is 17.5 Å². The maximum absolute atomic E-state index is 13.0. The van der Waals surface area contributed by atoms with Crippen LogP contribution in [-0.2, 0) is 11.3 Å². The molecule has 1 fully saturated rings. The van der Waals surface area contributed by atoms with Crippen molar-refractivity contribution in [2.75, 3.05) is 12.4 Å². The van der Waals surface area contributed by atoms with Crippen LogP contribution in [0.2, 0.25) is 0 Å². The van der Waals surface area contributed by atoms with E-state index in [1.165, 1.54) is 4.90 Å². The third-order valence-corrected chi connectivity index (χ3v) is 3.61. The van der Waals surface area contributed by atoms with Crippen LogP contribution in [0.3, 0.4) is 0 Å². The minimum atomic E-state index is -2.66. The van der Waals surface area contributed by atoms with E-state index in [9.17, 15) is 13.6 Å². The Morgan fingerprint density at radius 2 is 2.30 bits per heavy atom. The zero-order valence-corrected chi connectivity index (χ0v) is 12.2. The van der Waals surface area contributed by atoms with E-state index in [1.54, 1.807) is 6.07 Å². The maximum atomic E-state index is 13.0. The number of halogens is 3. The van der Waals surface area contributed by atoms with Gasteiger partial charge in [0.15, 0.2) is 5.76 Å². The van der Waals surface area contributed by atoms with E-state index in [0.29, 0.717) is 5.76 Å². The van der Waals surface area contributed by atoms with Crippen LogP contribution in [0.1, 0.15) is 37.6 Å². The summed E-state index contributed by atoms with van der Waals surface area (Å²) >= 11 is 5.52. The van der Waals surface area contributed by atoms with E-state index < -0.39 is 11.8 Å². The van der Waals surface area contributed by atoms with Gasteiger partial charge in [-0.3, -0.25) is 4.79 Å². The van der Waals surface area contributed by atoms with Crippen molar-refractivity contribution in [1.82, 2.24) is 10.1 Å². The number of carbonyl (C=O) groups is 1. The predicted molar refractivity (Wildman–Crippen MR) is 69.8 cm³/mol. The first-order valence-electron chi connectivity index (χ1n) is 6.50. The summed E-state index contributed by atoms with van der Waals surface area (Å²) in [7, 11) is 0. The Morgan fingerprint density at radius 1 is 1.65 bits per heavy atom. The summed E-state index contributed by atoms with van der Waals surface area (Å²) in [6, 6.07) is 1.74. The Morgan fingerprint density at radius 3 is 2.75 bits per heavy atom. The van der Waals surface area contributed by atoms with Crippen LogP contribution in [0, 0.1) is 5.92 Å². The Balaban J connectivity index is 2.01. The topological polar surface area (TPSA) is 46.3 Å². The zero-order chi connectivity index (χ0) is 14.9. The lowest BCUT2D eigenvalue weighted by Gasteiger charge is -2.20. The van der Waals surface area contributed by atoms with Crippen LogP contribution < -0.4 is 0 Å². The second-order valence-corrected chi connectivity index (χ2v) is 5.71. The molecule has 1 amide bonds. The average molecular weight is 307 g/mol. The molecule has 1 saturated carbocycles. The molecule has 2 rings (SSSR count). The lowest BCUT2D eigenvalue weighted by atomic mass is 10.1. The molecule has 1 aliphatic rings. The van der Waals surface area contributed by atoms with Crippen molar-refractivity contribution in [1.29, 1.82) is 0 Å². The molecule has 4 nitrogen and oxygen atoms in total. The molecule has 0 aliphatic heterocycles. The van der Waals surface area contributed by atoms with E-state index in [2.05, 4.69) is 5.16 Å². The second kappa shape index (κ2) is 5.68. The fourth-order valence-corrected chi connectivity index (χ4v) is 2.11. The first-order valence-corrected chi connectivity index (χ1v) is 7.04. The Hall–Kier alpha value is -1.17. The van der Waals surface area contributed by atoms with Gasteiger partial charge in [-0.05, 0) is 5.92 Å². The van der Waals surface area contributed by atoms with Crippen LogP contribution in [0.4, 0.5) is 8.78 Å². The molecule has 1 aromatic rings. The number of carbonyl (C=O) groups excluding carboxylic acids is 1. The fraction of sp³-hybridized carbons (Fsp3) is 0.692. The standard InChI is InChI=1S/C13H17ClF2N2O2/c1-8(2)11-3-10(20-17-11)7-18(12(19)5-14)6-9-4-13(9,15)16/h3,8-9H,4-7H2,1-2H3. The monoisotopic (exact) mass is 306 g/mol. The third-order valence-electron chi connectivity index (χ3n) is 3.38. The van der Waals surface area contributed by atoms with Crippen molar-refractivity contribution in [3.63, 3.8) is 0 Å². The molecular formula is C13H17ClF2N2O2. The van der Waals surface area contributed by atoms with Crippen molar-refractivity contribution in [3.8, 4) is 0 Å². The maximum Gasteiger partial charge on any atom is 0.253 e. The van der Waals surface area contributed by atoms with E-state index in [0.717, 1.165) is 5.69 Å². The van der Waals surface area contributed by atoms with Gasteiger partial charge in [0.2, 0.25) is 5.91 Å². The highest BCUT2D eigenvalue weighted by atomic mass is 35.5. The van der Waals surface area contributed by atoms with Crippen molar-refractivity contribution < 1.29 is 18.1 Å². The van der Waals surface area contributed by atoms with Gasteiger partial charge in [-0.25, -0.2) is 8.78 Å². The molecule has 1 unspecified atom stereocenters. The van der Waals surface area contributed by atoms with Crippen LogP contribution in [0.25, 0.3) is 0 Å². The van der Waals surface area contributed by atoms with Gasteiger partial charge in [0.1, 0.15) is 5.88 Å². The Labute approximate surface area is 121 Å². The smallest absolute Gasteiger partial charge is 0.253 e. The summed E-state index contributed by atoms with van der Waals surface area (Å²) in [5.41, 5.74) is 0.773. The van der Waals surface area contributed by atoms with Crippen LogP contribution in [0.15, 0.2) is 10.6 Å². The van der Waals surface area contributed by atoms with Gasteiger partial charge >= 0.3 is 0 Å². The number of alkyl halides is 3. The van der Waals surface area contributed by atoms with Gasteiger partial charge in [-0.15, -0.1) is 11.6 Å².